The van der Waals surface area contributed by atoms with Crippen LogP contribution < -0.4 is 5.73 Å². The molecule has 1 atom stereocenters. The standard InChI is InChI=1S/C11H16N2OS/c1-3-7-13(4-2)11(14)10(12)9-6-5-8-15-9/h3,5-6,8,10H,1,4,7,12H2,2H3. The first kappa shape index (κ1) is 11.9. The Morgan fingerprint density at radius 3 is 3.00 bits per heavy atom. The van der Waals surface area contributed by atoms with Gasteiger partial charge in [0.1, 0.15) is 6.04 Å². The summed E-state index contributed by atoms with van der Waals surface area (Å²) in [7, 11) is 0. The van der Waals surface area contributed by atoms with Crippen molar-refractivity contribution in [1.82, 2.24) is 4.90 Å². The van der Waals surface area contributed by atoms with Crippen molar-refractivity contribution in [1.29, 1.82) is 0 Å². The molecule has 1 aromatic rings. The molecule has 0 radical (unpaired) electrons. The van der Waals surface area contributed by atoms with Gasteiger partial charge in [-0.15, -0.1) is 17.9 Å². The Hall–Kier alpha value is -1.13. The number of rotatable bonds is 5. The Kier molecular flexibility index (Phi) is 4.52. The number of carbonyl (C=O) groups is 1. The number of likely N-dealkylation sites (N-methyl/N-ethyl adjacent to an activating group) is 1. The molecule has 0 aromatic carbocycles. The van der Waals surface area contributed by atoms with Gasteiger partial charge in [0.15, 0.2) is 0 Å². The first-order valence-corrected chi connectivity index (χ1v) is 5.77. The molecule has 0 saturated carbocycles. The van der Waals surface area contributed by atoms with Gasteiger partial charge in [-0.3, -0.25) is 4.79 Å². The number of hydrogen-bond donors (Lipinski definition) is 1. The molecule has 1 heterocycles. The van der Waals surface area contributed by atoms with Gasteiger partial charge >= 0.3 is 0 Å². The van der Waals surface area contributed by atoms with Gasteiger partial charge in [-0.2, -0.15) is 0 Å². The van der Waals surface area contributed by atoms with Crippen molar-refractivity contribution in [3.8, 4) is 0 Å². The average molecular weight is 224 g/mol. The van der Waals surface area contributed by atoms with Crippen LogP contribution in [-0.4, -0.2) is 23.9 Å². The number of thiophene rings is 1. The van der Waals surface area contributed by atoms with Gasteiger partial charge in [0.05, 0.1) is 0 Å². The Balaban J connectivity index is 2.70. The molecule has 4 heteroatoms. The molecule has 0 saturated heterocycles. The third-order valence-corrected chi connectivity index (χ3v) is 3.11. The fourth-order valence-electron chi connectivity index (χ4n) is 1.32. The lowest BCUT2D eigenvalue weighted by atomic mass is 10.2. The first-order valence-electron chi connectivity index (χ1n) is 4.89. The van der Waals surface area contributed by atoms with Crippen molar-refractivity contribution in [2.75, 3.05) is 13.1 Å². The maximum atomic E-state index is 11.9. The minimum atomic E-state index is -0.537. The van der Waals surface area contributed by atoms with E-state index in [1.54, 1.807) is 11.0 Å². The molecule has 0 bridgehead atoms. The van der Waals surface area contributed by atoms with Crippen LogP contribution in [0.2, 0.25) is 0 Å². The zero-order chi connectivity index (χ0) is 11.3. The maximum Gasteiger partial charge on any atom is 0.245 e. The van der Waals surface area contributed by atoms with Crippen LogP contribution in [0.5, 0.6) is 0 Å². The van der Waals surface area contributed by atoms with Crippen LogP contribution >= 0.6 is 11.3 Å². The van der Waals surface area contributed by atoms with Crippen LogP contribution in [0.1, 0.15) is 17.8 Å². The van der Waals surface area contributed by atoms with Crippen LogP contribution in [0.4, 0.5) is 0 Å². The van der Waals surface area contributed by atoms with Crippen molar-refractivity contribution >= 4 is 17.2 Å². The topological polar surface area (TPSA) is 46.3 Å². The second-order valence-electron chi connectivity index (χ2n) is 3.16. The maximum absolute atomic E-state index is 11.9. The summed E-state index contributed by atoms with van der Waals surface area (Å²) in [6.07, 6.45) is 1.71. The van der Waals surface area contributed by atoms with Gasteiger partial charge in [-0.1, -0.05) is 12.1 Å². The van der Waals surface area contributed by atoms with Crippen LogP contribution in [-0.2, 0) is 4.79 Å². The number of amides is 1. The molecule has 0 aliphatic heterocycles. The van der Waals surface area contributed by atoms with Crippen LogP contribution in [0.25, 0.3) is 0 Å². The molecule has 2 N–H and O–H groups in total. The molecular weight excluding hydrogens is 208 g/mol. The van der Waals surface area contributed by atoms with Gasteiger partial charge < -0.3 is 10.6 Å². The van der Waals surface area contributed by atoms with E-state index in [1.807, 2.05) is 24.4 Å². The Bertz CT molecular complexity index is 321. The highest BCUT2D eigenvalue weighted by atomic mass is 32.1. The third kappa shape index (κ3) is 2.91. The van der Waals surface area contributed by atoms with Crippen LogP contribution in [0.3, 0.4) is 0 Å². The van der Waals surface area contributed by atoms with Crippen LogP contribution in [0.15, 0.2) is 30.2 Å². The molecule has 15 heavy (non-hydrogen) atoms. The van der Waals surface area contributed by atoms with Gasteiger partial charge in [-0.05, 0) is 18.4 Å². The highest BCUT2D eigenvalue weighted by Crippen LogP contribution is 2.18. The van der Waals surface area contributed by atoms with Crippen molar-refractivity contribution in [2.24, 2.45) is 5.73 Å². The first-order chi connectivity index (χ1) is 7.20. The molecule has 0 aliphatic rings. The summed E-state index contributed by atoms with van der Waals surface area (Å²) < 4.78 is 0. The van der Waals surface area contributed by atoms with E-state index in [-0.39, 0.29) is 5.91 Å². The summed E-state index contributed by atoms with van der Waals surface area (Å²) >= 11 is 1.51. The molecule has 3 nitrogen and oxygen atoms in total. The quantitative estimate of drug-likeness (QED) is 0.775. The fourth-order valence-corrected chi connectivity index (χ4v) is 2.04. The molecule has 1 unspecified atom stereocenters. The largest absolute Gasteiger partial charge is 0.338 e. The van der Waals surface area contributed by atoms with Crippen molar-refractivity contribution in [3.05, 3.63) is 35.0 Å². The summed E-state index contributed by atoms with van der Waals surface area (Å²) in [6, 6.07) is 3.25. The van der Waals surface area contributed by atoms with E-state index in [1.165, 1.54) is 11.3 Å². The van der Waals surface area contributed by atoms with Crippen LogP contribution in [0, 0.1) is 0 Å². The molecule has 1 amide bonds. The third-order valence-electron chi connectivity index (χ3n) is 2.16. The zero-order valence-electron chi connectivity index (χ0n) is 8.85. The smallest absolute Gasteiger partial charge is 0.245 e. The lowest BCUT2D eigenvalue weighted by molar-refractivity contribution is -0.131. The molecule has 0 aliphatic carbocycles. The Labute approximate surface area is 94.2 Å². The molecular formula is C11H16N2OS. The normalized spacial score (nSPS) is 12.1. The Morgan fingerprint density at radius 2 is 2.53 bits per heavy atom. The molecule has 82 valence electrons. The highest BCUT2D eigenvalue weighted by Gasteiger charge is 2.21. The van der Waals surface area contributed by atoms with E-state index >= 15 is 0 Å². The van der Waals surface area contributed by atoms with Crippen molar-refractivity contribution < 1.29 is 4.79 Å². The number of hydrogen-bond acceptors (Lipinski definition) is 3. The van der Waals surface area contributed by atoms with E-state index in [2.05, 4.69) is 6.58 Å². The van der Waals surface area contributed by atoms with Gasteiger partial charge in [0.2, 0.25) is 5.91 Å². The summed E-state index contributed by atoms with van der Waals surface area (Å²) in [6.45, 7) is 6.76. The van der Waals surface area contributed by atoms with E-state index in [0.29, 0.717) is 13.1 Å². The minimum absolute atomic E-state index is 0.0418. The van der Waals surface area contributed by atoms with Gasteiger partial charge in [0, 0.05) is 18.0 Å². The second-order valence-corrected chi connectivity index (χ2v) is 4.14. The number of carbonyl (C=O) groups excluding carboxylic acids is 1. The monoisotopic (exact) mass is 224 g/mol. The van der Waals surface area contributed by atoms with E-state index in [4.69, 9.17) is 5.73 Å². The predicted octanol–water partition coefficient (Wildman–Crippen LogP) is 1.78. The molecule has 1 aromatic heterocycles. The summed E-state index contributed by atoms with van der Waals surface area (Å²) in [5.74, 6) is -0.0418. The highest BCUT2D eigenvalue weighted by molar-refractivity contribution is 7.10. The fraction of sp³-hybridized carbons (Fsp3) is 0.364. The van der Waals surface area contributed by atoms with E-state index < -0.39 is 6.04 Å². The number of nitrogens with zero attached hydrogens (tertiary/aromatic N) is 1. The van der Waals surface area contributed by atoms with Crippen molar-refractivity contribution in [3.63, 3.8) is 0 Å². The van der Waals surface area contributed by atoms with E-state index in [0.717, 1.165) is 4.88 Å². The predicted molar refractivity (Wildman–Crippen MR) is 63.7 cm³/mol. The average Bonchev–Trinajstić information content (AvgIpc) is 2.77. The molecule has 1 rings (SSSR count). The van der Waals surface area contributed by atoms with Gasteiger partial charge in [-0.25, -0.2) is 0 Å². The molecule has 0 spiro atoms. The Morgan fingerprint density at radius 1 is 1.80 bits per heavy atom. The minimum Gasteiger partial charge on any atom is -0.338 e. The lowest BCUT2D eigenvalue weighted by Crippen LogP contribution is -2.38. The van der Waals surface area contributed by atoms with Gasteiger partial charge in [0.25, 0.3) is 0 Å². The molecule has 0 fully saturated rings. The summed E-state index contributed by atoms with van der Waals surface area (Å²) in [4.78, 5) is 14.5. The second kappa shape index (κ2) is 5.68. The summed E-state index contributed by atoms with van der Waals surface area (Å²) in [5.41, 5.74) is 5.87. The number of nitrogens with two attached hydrogens (primary N) is 1. The SMILES string of the molecule is C=CCN(CC)C(=O)C(N)c1cccs1. The lowest BCUT2D eigenvalue weighted by Gasteiger charge is -2.22. The summed E-state index contributed by atoms with van der Waals surface area (Å²) in [5, 5.41) is 1.92. The van der Waals surface area contributed by atoms with Crippen molar-refractivity contribution in [2.45, 2.75) is 13.0 Å². The van der Waals surface area contributed by atoms with E-state index in [9.17, 15) is 4.79 Å². The zero-order valence-corrected chi connectivity index (χ0v) is 9.67.